The molecule has 2 unspecified atom stereocenters. The monoisotopic (exact) mass is 234 g/mol. The lowest BCUT2D eigenvalue weighted by molar-refractivity contribution is -0.310. The van der Waals surface area contributed by atoms with Gasteiger partial charge in [0.2, 0.25) is 0 Å². The summed E-state index contributed by atoms with van der Waals surface area (Å²) >= 11 is 11.1. The molecule has 14 heavy (non-hydrogen) atoms. The fourth-order valence-corrected chi connectivity index (χ4v) is 1.56. The number of rotatable bonds is 2. The van der Waals surface area contributed by atoms with Crippen molar-refractivity contribution in [2.45, 2.75) is 4.87 Å². The second kappa shape index (κ2) is 3.63. The van der Waals surface area contributed by atoms with Crippen LogP contribution in [0.2, 0.25) is 0 Å². The van der Waals surface area contributed by atoms with E-state index in [0.29, 0.717) is 0 Å². The smallest absolute Gasteiger partial charge is 0.121 e. The number of carboxylic acid groups (broad SMARTS) is 2. The van der Waals surface area contributed by atoms with Gasteiger partial charge in [0.05, 0.1) is 17.9 Å². The molecule has 0 aliphatic heterocycles. The first-order chi connectivity index (χ1) is 6.37. The zero-order chi connectivity index (χ0) is 10.9. The van der Waals surface area contributed by atoms with Gasteiger partial charge in [0, 0.05) is 5.03 Å². The molecular weight excluding hydrogens is 231 g/mol. The van der Waals surface area contributed by atoms with Gasteiger partial charge in [-0.2, -0.15) is 0 Å². The van der Waals surface area contributed by atoms with Gasteiger partial charge < -0.3 is 19.8 Å². The van der Waals surface area contributed by atoms with E-state index in [1.54, 1.807) is 0 Å². The number of carboxylic acids is 2. The third-order valence-corrected chi connectivity index (χ3v) is 2.48. The molecule has 0 saturated heterocycles. The molecule has 0 heterocycles. The van der Waals surface area contributed by atoms with E-state index in [2.05, 4.69) is 0 Å². The molecule has 0 saturated carbocycles. The summed E-state index contributed by atoms with van der Waals surface area (Å²) in [6.07, 6.45) is 2.96. The Balaban J connectivity index is 3.02. The number of carbonyl (C=O) groups is 2. The van der Waals surface area contributed by atoms with Crippen molar-refractivity contribution >= 4 is 35.1 Å². The molecule has 1 aliphatic carbocycles. The Morgan fingerprint density at radius 1 is 1.43 bits per heavy atom. The number of hydrogen-bond acceptors (Lipinski definition) is 4. The molecule has 0 aromatic rings. The van der Waals surface area contributed by atoms with E-state index in [9.17, 15) is 19.8 Å². The molecule has 6 heteroatoms. The average molecular weight is 235 g/mol. The molecule has 0 amide bonds. The van der Waals surface area contributed by atoms with Crippen LogP contribution >= 0.6 is 23.2 Å². The summed E-state index contributed by atoms with van der Waals surface area (Å²) in [5.74, 6) is -4.13. The van der Waals surface area contributed by atoms with Gasteiger partial charge in [-0.1, -0.05) is 23.8 Å². The number of aliphatic carboxylic acids is 2. The van der Waals surface area contributed by atoms with Crippen LogP contribution < -0.4 is 10.2 Å². The molecule has 76 valence electrons. The molecule has 2 atom stereocenters. The average Bonchev–Trinajstić information content (AvgIpc) is 2.02. The maximum absolute atomic E-state index is 10.5. The van der Waals surface area contributed by atoms with Crippen molar-refractivity contribution in [3.8, 4) is 0 Å². The fraction of sp³-hybridized carbons (Fsp3) is 0.250. The van der Waals surface area contributed by atoms with E-state index in [4.69, 9.17) is 23.2 Å². The highest BCUT2D eigenvalue weighted by Gasteiger charge is 2.29. The van der Waals surface area contributed by atoms with Crippen LogP contribution in [0, 0.1) is 5.92 Å². The van der Waals surface area contributed by atoms with Crippen LogP contribution in [0.1, 0.15) is 0 Å². The molecule has 0 aromatic heterocycles. The van der Waals surface area contributed by atoms with Gasteiger partial charge in [-0.05, 0) is 6.08 Å². The lowest BCUT2D eigenvalue weighted by Crippen LogP contribution is -2.43. The van der Waals surface area contributed by atoms with Gasteiger partial charge in [0.15, 0.2) is 0 Å². The molecule has 0 spiro atoms. The van der Waals surface area contributed by atoms with E-state index < -0.39 is 22.7 Å². The van der Waals surface area contributed by atoms with Crippen LogP contribution in [0.5, 0.6) is 0 Å². The van der Waals surface area contributed by atoms with Crippen LogP contribution in [0.3, 0.4) is 0 Å². The number of hydrogen-bond donors (Lipinski definition) is 0. The van der Waals surface area contributed by atoms with Crippen molar-refractivity contribution in [1.82, 2.24) is 0 Å². The Hall–Kier alpha value is -1.00. The van der Waals surface area contributed by atoms with Gasteiger partial charge in [0.25, 0.3) is 0 Å². The van der Waals surface area contributed by atoms with Crippen molar-refractivity contribution in [2.24, 2.45) is 5.92 Å². The first-order valence-electron chi connectivity index (χ1n) is 3.55. The summed E-state index contributed by atoms with van der Waals surface area (Å²) in [6.45, 7) is 0. The molecule has 0 bridgehead atoms. The first-order valence-corrected chi connectivity index (χ1v) is 4.31. The molecular formula is C8H4Cl2O4-2. The summed E-state index contributed by atoms with van der Waals surface area (Å²) in [7, 11) is 0. The Morgan fingerprint density at radius 2 is 2.00 bits per heavy atom. The van der Waals surface area contributed by atoms with E-state index in [1.165, 1.54) is 0 Å². The van der Waals surface area contributed by atoms with Gasteiger partial charge in [-0.25, -0.2) is 0 Å². The minimum Gasteiger partial charge on any atom is -0.549 e. The largest absolute Gasteiger partial charge is 0.549 e. The first kappa shape index (κ1) is 11.1. The Kier molecular flexibility index (Phi) is 2.87. The third-order valence-electron chi connectivity index (χ3n) is 1.74. The molecule has 4 nitrogen and oxygen atoms in total. The zero-order valence-corrected chi connectivity index (χ0v) is 8.21. The fourth-order valence-electron chi connectivity index (χ4n) is 0.985. The topological polar surface area (TPSA) is 80.3 Å². The minimum absolute atomic E-state index is 0.202. The van der Waals surface area contributed by atoms with E-state index in [-0.39, 0.29) is 5.03 Å². The normalized spacial score (nSPS) is 31.0. The van der Waals surface area contributed by atoms with Gasteiger partial charge in [-0.3, -0.25) is 0 Å². The standard InChI is InChI=1S/C8H6Cl2O4/c9-5-3-8(10,7(13)14)2-1-4(5)6(11)12/h1-4H,(H,11,12)(H,13,14)/p-2. The summed E-state index contributed by atoms with van der Waals surface area (Å²) in [4.78, 5) is 19.1. The maximum atomic E-state index is 10.5. The Labute approximate surface area is 89.4 Å². The Bertz CT molecular complexity index is 347. The number of halogens is 2. The molecule has 1 aliphatic rings. The maximum Gasteiger partial charge on any atom is 0.121 e. The highest BCUT2D eigenvalue weighted by molar-refractivity contribution is 6.39. The minimum atomic E-state index is -1.87. The second-order valence-electron chi connectivity index (χ2n) is 2.74. The molecule has 1 rings (SSSR count). The van der Waals surface area contributed by atoms with Crippen molar-refractivity contribution < 1.29 is 19.8 Å². The SMILES string of the molecule is O=C([O-])C1C=CC(Cl)(C(=O)[O-])C=C1Cl. The molecule has 0 radical (unpaired) electrons. The highest BCUT2D eigenvalue weighted by atomic mass is 35.5. The molecule has 0 fully saturated rings. The van der Waals surface area contributed by atoms with Gasteiger partial charge >= 0.3 is 0 Å². The van der Waals surface area contributed by atoms with E-state index >= 15 is 0 Å². The van der Waals surface area contributed by atoms with Gasteiger partial charge in [-0.15, -0.1) is 11.6 Å². The molecule has 0 aromatic carbocycles. The van der Waals surface area contributed by atoms with Crippen LogP contribution in [0.15, 0.2) is 23.3 Å². The van der Waals surface area contributed by atoms with Gasteiger partial charge in [0.1, 0.15) is 4.87 Å². The summed E-state index contributed by atoms with van der Waals surface area (Å²) in [6, 6.07) is 0. The van der Waals surface area contributed by atoms with Crippen LogP contribution in [-0.4, -0.2) is 16.8 Å². The zero-order valence-electron chi connectivity index (χ0n) is 6.70. The quantitative estimate of drug-likeness (QED) is 0.443. The van der Waals surface area contributed by atoms with Crippen LogP contribution in [0.4, 0.5) is 0 Å². The van der Waals surface area contributed by atoms with Crippen LogP contribution in [-0.2, 0) is 9.59 Å². The van der Waals surface area contributed by atoms with Crippen molar-refractivity contribution in [2.75, 3.05) is 0 Å². The van der Waals surface area contributed by atoms with Crippen LogP contribution in [0.25, 0.3) is 0 Å². The lowest BCUT2D eigenvalue weighted by Gasteiger charge is -2.27. The second-order valence-corrected chi connectivity index (χ2v) is 3.80. The third kappa shape index (κ3) is 1.91. The Morgan fingerprint density at radius 3 is 2.36 bits per heavy atom. The van der Waals surface area contributed by atoms with Crippen molar-refractivity contribution in [3.63, 3.8) is 0 Å². The highest BCUT2D eigenvalue weighted by Crippen LogP contribution is 2.31. The van der Waals surface area contributed by atoms with E-state index in [1.807, 2.05) is 0 Å². The predicted molar refractivity (Wildman–Crippen MR) is 45.2 cm³/mol. The summed E-state index contributed by atoms with van der Waals surface area (Å²) in [5.41, 5.74) is 0. The van der Waals surface area contributed by atoms with Crippen molar-refractivity contribution in [3.05, 3.63) is 23.3 Å². The number of alkyl halides is 1. The molecule has 0 N–H and O–H groups in total. The summed E-state index contributed by atoms with van der Waals surface area (Å²) in [5, 5.41) is 20.8. The lowest BCUT2D eigenvalue weighted by atomic mass is 9.95. The van der Waals surface area contributed by atoms with Crippen molar-refractivity contribution in [1.29, 1.82) is 0 Å². The summed E-state index contributed by atoms with van der Waals surface area (Å²) < 4.78 is 0. The van der Waals surface area contributed by atoms with E-state index in [0.717, 1.165) is 18.2 Å². The predicted octanol–water partition coefficient (Wildman–Crippen LogP) is -1.23. The number of carbonyl (C=O) groups excluding carboxylic acids is 2.